The number of ether oxygens (including phenoxy) is 1. The van der Waals surface area contributed by atoms with Crippen LogP contribution < -0.4 is 10.5 Å². The van der Waals surface area contributed by atoms with Crippen molar-refractivity contribution in [3.63, 3.8) is 0 Å². The van der Waals surface area contributed by atoms with Crippen molar-refractivity contribution < 1.29 is 9.53 Å². The van der Waals surface area contributed by atoms with E-state index in [0.717, 1.165) is 42.6 Å². The van der Waals surface area contributed by atoms with Gasteiger partial charge in [0.05, 0.1) is 7.11 Å². The van der Waals surface area contributed by atoms with Crippen molar-refractivity contribution in [1.82, 2.24) is 0 Å². The highest BCUT2D eigenvalue weighted by Crippen LogP contribution is 2.38. The highest BCUT2D eigenvalue weighted by atomic mass is 16.5. The van der Waals surface area contributed by atoms with Crippen LogP contribution in [-0.4, -0.2) is 19.4 Å². The molecule has 0 saturated heterocycles. The lowest BCUT2D eigenvalue weighted by molar-refractivity contribution is 0.0773. The smallest absolute Gasteiger partial charge is 0.170 e. The number of ketones is 1. The van der Waals surface area contributed by atoms with Gasteiger partial charge in [-0.3, -0.25) is 4.79 Å². The van der Waals surface area contributed by atoms with Gasteiger partial charge in [-0.15, -0.1) is 0 Å². The standard InChI is InChI=1S/C17H25NO2/c1-13-11-14(20-2)7-8-15(13)16(19)17(12-18)9-5-3-4-6-10-17/h7-8,11H,3-6,9-10,12,18H2,1-2H3. The second-order valence-corrected chi connectivity index (χ2v) is 5.91. The molecule has 1 aromatic rings. The first-order valence-corrected chi connectivity index (χ1v) is 7.52. The third-order valence-corrected chi connectivity index (χ3v) is 4.61. The molecule has 0 spiro atoms. The Morgan fingerprint density at radius 1 is 1.25 bits per heavy atom. The van der Waals surface area contributed by atoms with E-state index in [-0.39, 0.29) is 11.2 Å². The van der Waals surface area contributed by atoms with Gasteiger partial charge in [-0.2, -0.15) is 0 Å². The summed E-state index contributed by atoms with van der Waals surface area (Å²) in [6, 6.07) is 5.67. The van der Waals surface area contributed by atoms with Gasteiger partial charge in [-0.1, -0.05) is 25.7 Å². The molecule has 3 nitrogen and oxygen atoms in total. The fourth-order valence-electron chi connectivity index (χ4n) is 3.23. The van der Waals surface area contributed by atoms with E-state index >= 15 is 0 Å². The van der Waals surface area contributed by atoms with E-state index in [1.165, 1.54) is 12.8 Å². The minimum absolute atomic E-state index is 0.224. The summed E-state index contributed by atoms with van der Waals surface area (Å²) in [7, 11) is 1.64. The number of aryl methyl sites for hydroxylation is 1. The summed E-state index contributed by atoms with van der Waals surface area (Å²) in [5.74, 6) is 1.02. The second kappa shape index (κ2) is 6.40. The quantitative estimate of drug-likeness (QED) is 0.676. The van der Waals surface area contributed by atoms with Gasteiger partial charge in [0.1, 0.15) is 5.75 Å². The molecule has 20 heavy (non-hydrogen) atoms. The van der Waals surface area contributed by atoms with Crippen LogP contribution in [0.2, 0.25) is 0 Å². The van der Waals surface area contributed by atoms with E-state index in [9.17, 15) is 4.79 Å². The summed E-state index contributed by atoms with van der Waals surface area (Å²) < 4.78 is 5.21. The van der Waals surface area contributed by atoms with Gasteiger partial charge < -0.3 is 10.5 Å². The highest BCUT2D eigenvalue weighted by molar-refractivity contribution is 6.02. The molecule has 0 bridgehead atoms. The molecule has 110 valence electrons. The van der Waals surface area contributed by atoms with Crippen molar-refractivity contribution in [2.24, 2.45) is 11.1 Å². The first kappa shape index (κ1) is 15.0. The molecule has 1 aliphatic rings. The van der Waals surface area contributed by atoms with E-state index in [1.807, 2.05) is 25.1 Å². The Morgan fingerprint density at radius 2 is 1.90 bits per heavy atom. The molecular formula is C17H25NO2. The van der Waals surface area contributed by atoms with E-state index < -0.39 is 0 Å². The lowest BCUT2D eigenvalue weighted by Gasteiger charge is -2.30. The van der Waals surface area contributed by atoms with Crippen LogP contribution in [0.15, 0.2) is 18.2 Å². The molecule has 0 aromatic heterocycles. The maximum absolute atomic E-state index is 13.0. The van der Waals surface area contributed by atoms with Gasteiger partial charge in [-0.25, -0.2) is 0 Å². The predicted octanol–water partition coefficient (Wildman–Crippen LogP) is 3.49. The number of benzene rings is 1. The van der Waals surface area contributed by atoms with Crippen molar-refractivity contribution in [2.45, 2.75) is 45.4 Å². The number of carbonyl (C=O) groups excluding carboxylic acids is 1. The number of hydrogen-bond donors (Lipinski definition) is 1. The highest BCUT2D eigenvalue weighted by Gasteiger charge is 2.38. The van der Waals surface area contributed by atoms with Crippen molar-refractivity contribution in [2.75, 3.05) is 13.7 Å². The number of Topliss-reactive ketones (excluding diaryl/α,β-unsaturated/α-hetero) is 1. The molecule has 0 atom stereocenters. The molecule has 0 unspecified atom stereocenters. The van der Waals surface area contributed by atoms with Crippen LogP contribution in [0.4, 0.5) is 0 Å². The van der Waals surface area contributed by atoms with Gasteiger partial charge in [0, 0.05) is 17.5 Å². The Labute approximate surface area is 121 Å². The van der Waals surface area contributed by atoms with Crippen LogP contribution in [0.5, 0.6) is 5.75 Å². The zero-order valence-electron chi connectivity index (χ0n) is 12.6. The molecule has 2 N–H and O–H groups in total. The third kappa shape index (κ3) is 2.88. The zero-order chi connectivity index (χ0) is 14.6. The minimum atomic E-state index is -0.351. The molecule has 1 fully saturated rings. The second-order valence-electron chi connectivity index (χ2n) is 5.91. The first-order chi connectivity index (χ1) is 9.63. The minimum Gasteiger partial charge on any atom is -0.497 e. The van der Waals surface area contributed by atoms with E-state index in [2.05, 4.69) is 0 Å². The number of methoxy groups -OCH3 is 1. The normalized spacial score (nSPS) is 18.4. The van der Waals surface area contributed by atoms with Gasteiger partial charge in [-0.05, 0) is 43.5 Å². The van der Waals surface area contributed by atoms with Crippen LogP contribution in [0.1, 0.15) is 54.4 Å². The Bertz CT molecular complexity index is 474. The maximum Gasteiger partial charge on any atom is 0.170 e. The molecule has 0 heterocycles. The van der Waals surface area contributed by atoms with Gasteiger partial charge >= 0.3 is 0 Å². The molecule has 0 aliphatic heterocycles. The van der Waals surface area contributed by atoms with Crippen LogP contribution in [0.25, 0.3) is 0 Å². The average Bonchev–Trinajstić information content (AvgIpc) is 2.72. The van der Waals surface area contributed by atoms with E-state index in [1.54, 1.807) is 7.11 Å². The van der Waals surface area contributed by atoms with Crippen LogP contribution >= 0.6 is 0 Å². The van der Waals surface area contributed by atoms with Gasteiger partial charge in [0.15, 0.2) is 5.78 Å². The number of carbonyl (C=O) groups is 1. The van der Waals surface area contributed by atoms with Crippen LogP contribution in [-0.2, 0) is 0 Å². The van der Waals surface area contributed by atoms with E-state index in [0.29, 0.717) is 6.54 Å². The number of rotatable bonds is 4. The molecule has 0 amide bonds. The van der Waals surface area contributed by atoms with Crippen molar-refractivity contribution in [3.05, 3.63) is 29.3 Å². The zero-order valence-corrected chi connectivity index (χ0v) is 12.6. The Hall–Kier alpha value is -1.35. The predicted molar refractivity (Wildman–Crippen MR) is 81.3 cm³/mol. The summed E-state index contributed by atoms with van der Waals surface area (Å²) >= 11 is 0. The molecule has 2 rings (SSSR count). The fourth-order valence-corrected chi connectivity index (χ4v) is 3.23. The molecule has 0 radical (unpaired) electrons. The number of nitrogens with two attached hydrogens (primary N) is 1. The largest absolute Gasteiger partial charge is 0.497 e. The molecule has 1 aromatic carbocycles. The summed E-state index contributed by atoms with van der Waals surface area (Å²) in [5, 5.41) is 0. The lowest BCUT2D eigenvalue weighted by Crippen LogP contribution is -2.38. The fraction of sp³-hybridized carbons (Fsp3) is 0.588. The van der Waals surface area contributed by atoms with Crippen molar-refractivity contribution in [3.8, 4) is 5.75 Å². The molecule has 1 aliphatic carbocycles. The van der Waals surface area contributed by atoms with E-state index in [4.69, 9.17) is 10.5 Å². The first-order valence-electron chi connectivity index (χ1n) is 7.52. The van der Waals surface area contributed by atoms with Crippen LogP contribution in [0.3, 0.4) is 0 Å². The summed E-state index contributed by atoms with van der Waals surface area (Å²) in [5.41, 5.74) is 7.44. The summed E-state index contributed by atoms with van der Waals surface area (Å²) in [6.07, 6.45) is 6.51. The summed E-state index contributed by atoms with van der Waals surface area (Å²) in [6.45, 7) is 2.42. The Balaban J connectivity index is 2.32. The Kier molecular flexibility index (Phi) is 4.81. The van der Waals surface area contributed by atoms with Crippen molar-refractivity contribution in [1.29, 1.82) is 0 Å². The van der Waals surface area contributed by atoms with Crippen molar-refractivity contribution >= 4 is 5.78 Å². The molecular weight excluding hydrogens is 250 g/mol. The third-order valence-electron chi connectivity index (χ3n) is 4.61. The SMILES string of the molecule is COc1ccc(C(=O)C2(CN)CCCCCC2)c(C)c1. The monoisotopic (exact) mass is 275 g/mol. The van der Waals surface area contributed by atoms with Gasteiger partial charge in [0.2, 0.25) is 0 Å². The number of hydrogen-bond acceptors (Lipinski definition) is 3. The molecule has 1 saturated carbocycles. The van der Waals surface area contributed by atoms with Gasteiger partial charge in [0.25, 0.3) is 0 Å². The molecule has 3 heteroatoms. The topological polar surface area (TPSA) is 52.3 Å². The lowest BCUT2D eigenvalue weighted by atomic mass is 9.73. The summed E-state index contributed by atoms with van der Waals surface area (Å²) in [4.78, 5) is 13.0. The van der Waals surface area contributed by atoms with Crippen LogP contribution in [0, 0.1) is 12.3 Å². The maximum atomic E-state index is 13.0. The average molecular weight is 275 g/mol. The Morgan fingerprint density at radius 3 is 2.40 bits per heavy atom.